The van der Waals surface area contributed by atoms with Gasteiger partial charge < -0.3 is 13.8 Å². The fourth-order valence-electron chi connectivity index (χ4n) is 3.28. The third-order valence-corrected chi connectivity index (χ3v) is 4.70. The van der Waals surface area contributed by atoms with E-state index < -0.39 is 0 Å². The SMILES string of the molecule is COCc1nnc2n1Cc1c(-c3nc(C)no3)ncn1-c1cc(Cl)ccc1-2. The van der Waals surface area contributed by atoms with E-state index in [1.165, 1.54) is 0 Å². The Bertz CT molecular complexity index is 1160. The summed E-state index contributed by atoms with van der Waals surface area (Å²) in [5.74, 6) is 2.38. The van der Waals surface area contributed by atoms with Crippen LogP contribution >= 0.6 is 11.6 Å². The lowest BCUT2D eigenvalue weighted by atomic mass is 10.1. The molecule has 136 valence electrons. The van der Waals surface area contributed by atoms with Crippen LogP contribution in [0.25, 0.3) is 28.7 Å². The molecule has 0 amide bonds. The maximum atomic E-state index is 6.27. The number of aryl methyl sites for hydroxylation is 1. The molecule has 3 aromatic heterocycles. The van der Waals surface area contributed by atoms with Crippen molar-refractivity contribution in [2.24, 2.45) is 0 Å². The topological polar surface area (TPSA) is 96.7 Å². The molecule has 0 unspecified atom stereocenters. The number of fused-ring (bicyclic) bond motifs is 5. The zero-order chi connectivity index (χ0) is 18.5. The fraction of sp³-hybridized carbons (Fsp3) is 0.235. The minimum atomic E-state index is 0.346. The zero-order valence-electron chi connectivity index (χ0n) is 14.5. The van der Waals surface area contributed by atoms with E-state index in [0.29, 0.717) is 35.6 Å². The van der Waals surface area contributed by atoms with Crippen LogP contribution in [0.15, 0.2) is 29.0 Å². The van der Waals surface area contributed by atoms with E-state index in [4.69, 9.17) is 20.9 Å². The number of benzene rings is 1. The quantitative estimate of drug-likeness (QED) is 0.472. The number of hydrogen-bond acceptors (Lipinski definition) is 7. The van der Waals surface area contributed by atoms with Crippen molar-refractivity contribution in [2.75, 3.05) is 7.11 Å². The summed E-state index contributed by atoms with van der Waals surface area (Å²) in [6, 6.07) is 5.64. The first kappa shape index (κ1) is 16.2. The standard InChI is InChI=1S/C17H14ClN7O2/c1-9-20-17(27-23-9)15-13-6-24-14(7-26-2)21-22-16(24)11-4-3-10(18)5-12(11)25(13)8-19-15/h3-5,8H,6-7H2,1-2H3. The van der Waals surface area contributed by atoms with Crippen LogP contribution in [-0.2, 0) is 17.9 Å². The van der Waals surface area contributed by atoms with Gasteiger partial charge >= 0.3 is 0 Å². The van der Waals surface area contributed by atoms with Crippen molar-refractivity contribution in [1.82, 2.24) is 34.5 Å². The molecule has 1 aromatic carbocycles. The predicted molar refractivity (Wildman–Crippen MR) is 95.4 cm³/mol. The van der Waals surface area contributed by atoms with Crippen LogP contribution in [0, 0.1) is 6.92 Å². The van der Waals surface area contributed by atoms with E-state index in [-0.39, 0.29) is 0 Å². The minimum absolute atomic E-state index is 0.346. The van der Waals surface area contributed by atoms with Gasteiger partial charge in [-0.15, -0.1) is 10.2 Å². The van der Waals surface area contributed by atoms with Gasteiger partial charge in [0.05, 0.1) is 17.9 Å². The third kappa shape index (κ3) is 2.47. The molecule has 10 heteroatoms. The molecule has 0 saturated heterocycles. The molecule has 5 rings (SSSR count). The van der Waals surface area contributed by atoms with Gasteiger partial charge in [-0.25, -0.2) is 4.98 Å². The second kappa shape index (κ2) is 6.00. The van der Waals surface area contributed by atoms with Crippen molar-refractivity contribution < 1.29 is 9.26 Å². The number of halogens is 1. The molecule has 0 radical (unpaired) electrons. The number of rotatable bonds is 3. The molecule has 1 aliphatic rings. The first-order valence-corrected chi connectivity index (χ1v) is 8.61. The monoisotopic (exact) mass is 383 g/mol. The van der Waals surface area contributed by atoms with Crippen LogP contribution in [0.3, 0.4) is 0 Å². The van der Waals surface area contributed by atoms with Crippen molar-refractivity contribution in [3.63, 3.8) is 0 Å². The van der Waals surface area contributed by atoms with Crippen LogP contribution in [-0.4, -0.2) is 41.6 Å². The molecule has 1 aliphatic heterocycles. The zero-order valence-corrected chi connectivity index (χ0v) is 15.3. The van der Waals surface area contributed by atoms with Gasteiger partial charge in [0.15, 0.2) is 23.2 Å². The summed E-state index contributed by atoms with van der Waals surface area (Å²) < 4.78 is 14.6. The molecule has 0 bridgehead atoms. The Morgan fingerprint density at radius 3 is 2.96 bits per heavy atom. The van der Waals surface area contributed by atoms with Gasteiger partial charge in [0, 0.05) is 17.7 Å². The van der Waals surface area contributed by atoms with Gasteiger partial charge in [0.2, 0.25) is 0 Å². The highest BCUT2D eigenvalue weighted by Gasteiger charge is 2.28. The number of methoxy groups -OCH3 is 1. The highest BCUT2D eigenvalue weighted by Crippen LogP contribution is 2.35. The largest absolute Gasteiger partial charge is 0.377 e. The molecule has 0 fully saturated rings. The first-order valence-electron chi connectivity index (χ1n) is 8.24. The molecule has 9 nitrogen and oxygen atoms in total. The maximum Gasteiger partial charge on any atom is 0.278 e. The Labute approximate surface area is 158 Å². The lowest BCUT2D eigenvalue weighted by molar-refractivity contribution is 0.174. The number of hydrogen-bond donors (Lipinski definition) is 0. The Hall–Kier alpha value is -3.04. The van der Waals surface area contributed by atoms with Gasteiger partial charge in [-0.3, -0.25) is 4.57 Å². The Kier molecular flexibility index (Phi) is 3.59. The second-order valence-electron chi connectivity index (χ2n) is 6.18. The lowest BCUT2D eigenvalue weighted by Crippen LogP contribution is -2.09. The molecule has 0 atom stereocenters. The maximum absolute atomic E-state index is 6.27. The van der Waals surface area contributed by atoms with Crippen LogP contribution in [0.4, 0.5) is 0 Å². The number of ether oxygens (including phenoxy) is 1. The Morgan fingerprint density at radius 1 is 1.30 bits per heavy atom. The predicted octanol–water partition coefficient (Wildman–Crippen LogP) is 2.65. The average molecular weight is 384 g/mol. The number of imidazole rings is 1. The molecule has 0 aliphatic carbocycles. The highest BCUT2D eigenvalue weighted by molar-refractivity contribution is 6.30. The molecule has 0 N–H and O–H groups in total. The van der Waals surface area contributed by atoms with Crippen LogP contribution in [0.5, 0.6) is 0 Å². The van der Waals surface area contributed by atoms with E-state index in [2.05, 4.69) is 25.3 Å². The van der Waals surface area contributed by atoms with E-state index >= 15 is 0 Å². The van der Waals surface area contributed by atoms with E-state index in [1.807, 2.05) is 27.3 Å². The fourth-order valence-corrected chi connectivity index (χ4v) is 3.45. The molecular formula is C17H14ClN7O2. The third-order valence-electron chi connectivity index (χ3n) is 4.47. The van der Waals surface area contributed by atoms with Crippen molar-refractivity contribution >= 4 is 11.6 Å². The van der Waals surface area contributed by atoms with Gasteiger partial charge in [0.1, 0.15) is 12.9 Å². The molecule has 27 heavy (non-hydrogen) atoms. The Morgan fingerprint density at radius 2 is 2.19 bits per heavy atom. The van der Waals surface area contributed by atoms with Crippen LogP contribution < -0.4 is 0 Å². The van der Waals surface area contributed by atoms with Crippen molar-refractivity contribution in [3.05, 3.63) is 46.9 Å². The van der Waals surface area contributed by atoms with Crippen molar-refractivity contribution in [3.8, 4) is 28.7 Å². The Balaban J connectivity index is 1.79. The summed E-state index contributed by atoms with van der Waals surface area (Å²) in [7, 11) is 1.63. The molecular weight excluding hydrogens is 370 g/mol. The lowest BCUT2D eigenvalue weighted by Gasteiger charge is -2.08. The first-order chi connectivity index (χ1) is 13.2. The summed E-state index contributed by atoms with van der Waals surface area (Å²) >= 11 is 6.27. The summed E-state index contributed by atoms with van der Waals surface area (Å²) in [6.07, 6.45) is 1.73. The minimum Gasteiger partial charge on any atom is -0.377 e. The summed E-state index contributed by atoms with van der Waals surface area (Å²) in [6.45, 7) is 2.59. The van der Waals surface area contributed by atoms with Gasteiger partial charge in [-0.05, 0) is 25.1 Å². The highest BCUT2D eigenvalue weighted by atomic mass is 35.5. The van der Waals surface area contributed by atoms with E-state index in [1.54, 1.807) is 20.4 Å². The summed E-state index contributed by atoms with van der Waals surface area (Å²) in [5.41, 5.74) is 3.26. The van der Waals surface area contributed by atoms with Crippen LogP contribution in [0.1, 0.15) is 17.3 Å². The average Bonchev–Trinajstić information content (AvgIpc) is 3.34. The summed E-state index contributed by atoms with van der Waals surface area (Å²) in [5, 5.41) is 13.2. The van der Waals surface area contributed by atoms with Gasteiger partial charge in [-0.2, -0.15) is 4.98 Å². The van der Waals surface area contributed by atoms with Gasteiger partial charge in [-0.1, -0.05) is 16.8 Å². The molecule has 0 spiro atoms. The molecule has 4 heterocycles. The summed E-state index contributed by atoms with van der Waals surface area (Å²) in [4.78, 5) is 8.85. The number of aromatic nitrogens is 7. The van der Waals surface area contributed by atoms with Gasteiger partial charge in [0.25, 0.3) is 5.89 Å². The van der Waals surface area contributed by atoms with Crippen molar-refractivity contribution in [2.45, 2.75) is 20.1 Å². The second-order valence-corrected chi connectivity index (χ2v) is 6.61. The van der Waals surface area contributed by atoms with Crippen LogP contribution in [0.2, 0.25) is 5.02 Å². The smallest absolute Gasteiger partial charge is 0.278 e. The number of nitrogens with zero attached hydrogens (tertiary/aromatic N) is 7. The molecule has 0 saturated carbocycles. The molecule has 4 aromatic rings. The van der Waals surface area contributed by atoms with E-state index in [9.17, 15) is 0 Å². The van der Waals surface area contributed by atoms with Crippen molar-refractivity contribution in [1.29, 1.82) is 0 Å². The van der Waals surface area contributed by atoms with E-state index in [0.717, 1.165) is 28.6 Å². The normalized spacial score (nSPS) is 12.4.